The molecule has 0 spiro atoms. The van der Waals surface area contributed by atoms with Crippen LogP contribution in [-0.2, 0) is 26.2 Å². The van der Waals surface area contributed by atoms with E-state index >= 15 is 0 Å². The van der Waals surface area contributed by atoms with E-state index in [1.807, 2.05) is 26.8 Å². The molecule has 9 nitrogen and oxygen atoms in total. The highest BCUT2D eigenvalue weighted by Crippen LogP contribution is 2.35. The molecule has 0 aliphatic carbocycles. The minimum absolute atomic E-state index is 0.00463. The molecule has 0 fully saturated rings. The summed E-state index contributed by atoms with van der Waals surface area (Å²) < 4.78 is 40.0. The summed E-state index contributed by atoms with van der Waals surface area (Å²) in [5, 5.41) is 3.14. The second-order valence-electron chi connectivity index (χ2n) is 9.73. The Labute approximate surface area is 253 Å². The van der Waals surface area contributed by atoms with Gasteiger partial charge in [-0.2, -0.15) is 0 Å². The first-order valence-corrected chi connectivity index (χ1v) is 15.5. The normalized spacial score (nSPS) is 11.9. The summed E-state index contributed by atoms with van der Waals surface area (Å²) in [6.45, 7) is 5.50. The van der Waals surface area contributed by atoms with Crippen LogP contribution in [0.25, 0.3) is 0 Å². The molecule has 11 heteroatoms. The minimum atomic E-state index is -4.27. The van der Waals surface area contributed by atoms with Crippen molar-refractivity contribution in [1.82, 2.24) is 10.2 Å². The van der Waals surface area contributed by atoms with Crippen molar-refractivity contribution in [3.05, 3.63) is 82.9 Å². The highest BCUT2D eigenvalue weighted by atomic mass is 35.5. The van der Waals surface area contributed by atoms with Gasteiger partial charge in [-0.1, -0.05) is 55.3 Å². The van der Waals surface area contributed by atoms with Crippen LogP contribution in [-0.4, -0.2) is 58.5 Å². The number of ether oxygens (including phenoxy) is 2. The number of rotatable bonds is 14. The number of benzene rings is 3. The summed E-state index contributed by atoms with van der Waals surface area (Å²) in [4.78, 5) is 28.9. The van der Waals surface area contributed by atoms with E-state index in [-0.39, 0.29) is 33.8 Å². The van der Waals surface area contributed by atoms with Gasteiger partial charge in [-0.3, -0.25) is 13.9 Å². The van der Waals surface area contributed by atoms with Gasteiger partial charge in [0.2, 0.25) is 11.8 Å². The Hall–Kier alpha value is -3.76. The van der Waals surface area contributed by atoms with Gasteiger partial charge in [0, 0.05) is 18.1 Å². The van der Waals surface area contributed by atoms with Crippen molar-refractivity contribution >= 4 is 39.1 Å². The fourth-order valence-corrected chi connectivity index (χ4v) is 6.04. The van der Waals surface area contributed by atoms with Gasteiger partial charge in [-0.05, 0) is 67.8 Å². The molecule has 0 saturated heterocycles. The van der Waals surface area contributed by atoms with Gasteiger partial charge in [0.15, 0.2) is 0 Å². The lowest BCUT2D eigenvalue weighted by Gasteiger charge is -2.33. The summed E-state index contributed by atoms with van der Waals surface area (Å²) in [6.07, 6.45) is 1.04. The number of carbonyl (C=O) groups is 2. The lowest BCUT2D eigenvalue weighted by molar-refractivity contribution is -0.140. The third kappa shape index (κ3) is 7.95. The third-order valence-corrected chi connectivity index (χ3v) is 8.73. The second-order valence-corrected chi connectivity index (χ2v) is 12.0. The number of nitrogens with one attached hydrogen (secondary N) is 1. The maximum atomic E-state index is 14.2. The summed E-state index contributed by atoms with van der Waals surface area (Å²) in [5.41, 5.74) is 1.70. The second kappa shape index (κ2) is 14.9. The Balaban J connectivity index is 2.13. The quantitative estimate of drug-likeness (QED) is 0.267. The molecular formula is C31H38ClN3O6S. The molecule has 226 valence electrons. The van der Waals surface area contributed by atoms with Crippen LogP contribution < -0.4 is 19.1 Å². The molecule has 3 rings (SSSR count). The fraction of sp³-hybridized carbons (Fsp3) is 0.355. The van der Waals surface area contributed by atoms with E-state index in [0.717, 1.165) is 21.9 Å². The Kier molecular flexibility index (Phi) is 11.6. The van der Waals surface area contributed by atoms with Gasteiger partial charge in [0.25, 0.3) is 10.0 Å². The van der Waals surface area contributed by atoms with E-state index in [0.29, 0.717) is 18.7 Å². The van der Waals surface area contributed by atoms with Crippen LogP contribution in [0.1, 0.15) is 37.8 Å². The van der Waals surface area contributed by atoms with Crippen molar-refractivity contribution < 1.29 is 27.5 Å². The molecule has 0 aliphatic rings. The number of hydrogen-bond donors (Lipinski definition) is 1. The molecule has 0 aromatic heterocycles. The van der Waals surface area contributed by atoms with Gasteiger partial charge >= 0.3 is 0 Å². The van der Waals surface area contributed by atoms with Gasteiger partial charge in [0.05, 0.1) is 24.8 Å². The smallest absolute Gasteiger partial charge is 0.264 e. The van der Waals surface area contributed by atoms with Crippen LogP contribution in [0.3, 0.4) is 0 Å². The molecule has 0 saturated carbocycles. The molecule has 0 heterocycles. The number of anilines is 1. The summed E-state index contributed by atoms with van der Waals surface area (Å²) in [6, 6.07) is 17.2. The number of carbonyl (C=O) groups excluding carboxylic acids is 2. The topological polar surface area (TPSA) is 105 Å². The molecular weight excluding hydrogens is 578 g/mol. The molecule has 0 unspecified atom stereocenters. The molecule has 3 aromatic rings. The largest absolute Gasteiger partial charge is 0.497 e. The molecule has 0 radical (unpaired) electrons. The maximum absolute atomic E-state index is 14.2. The van der Waals surface area contributed by atoms with Gasteiger partial charge in [0.1, 0.15) is 24.1 Å². The first-order chi connectivity index (χ1) is 20.0. The Bertz CT molecular complexity index is 1480. The first-order valence-electron chi connectivity index (χ1n) is 13.7. The maximum Gasteiger partial charge on any atom is 0.264 e. The minimum Gasteiger partial charge on any atom is -0.497 e. The van der Waals surface area contributed by atoms with E-state index in [1.54, 1.807) is 49.6 Å². The van der Waals surface area contributed by atoms with Crippen LogP contribution in [0.15, 0.2) is 71.6 Å². The standard InChI is InChI=1S/C31H38ClN3O6S/c1-6-17-33-31(37)27(7-2)34(20-23-9-8-10-25(18-23)40-4)30(36)21-35(28-19-24(32)13-16-29(28)41-5)42(38,39)26-14-11-22(3)12-15-26/h8-16,18-19,27H,6-7,17,20-21H2,1-5H3,(H,33,37)/t27-/m0/s1. The van der Waals surface area contributed by atoms with Gasteiger partial charge < -0.3 is 19.7 Å². The molecule has 3 aromatic carbocycles. The molecule has 1 atom stereocenters. The van der Waals surface area contributed by atoms with Crippen molar-refractivity contribution in [2.24, 2.45) is 0 Å². The van der Waals surface area contributed by atoms with Crippen LogP contribution in [0, 0.1) is 6.92 Å². The van der Waals surface area contributed by atoms with E-state index < -0.39 is 28.5 Å². The van der Waals surface area contributed by atoms with Crippen LogP contribution in [0.5, 0.6) is 11.5 Å². The zero-order valence-corrected chi connectivity index (χ0v) is 26.2. The summed E-state index contributed by atoms with van der Waals surface area (Å²) >= 11 is 6.30. The van der Waals surface area contributed by atoms with Crippen molar-refractivity contribution in [2.45, 2.75) is 51.1 Å². The molecule has 1 N–H and O–H groups in total. The van der Waals surface area contributed by atoms with Gasteiger partial charge in [-0.15, -0.1) is 0 Å². The van der Waals surface area contributed by atoms with Crippen LogP contribution in [0.4, 0.5) is 5.69 Å². The van der Waals surface area contributed by atoms with Crippen molar-refractivity contribution in [2.75, 3.05) is 31.6 Å². The highest BCUT2D eigenvalue weighted by Gasteiger charge is 2.35. The predicted octanol–water partition coefficient (Wildman–Crippen LogP) is 5.19. The van der Waals surface area contributed by atoms with E-state index in [1.165, 1.54) is 30.2 Å². The SMILES string of the molecule is CCCNC(=O)[C@H](CC)N(Cc1cccc(OC)c1)C(=O)CN(c1cc(Cl)ccc1OC)S(=O)(=O)c1ccc(C)cc1. The molecule has 2 amide bonds. The number of amides is 2. The van der Waals surface area contributed by atoms with Crippen molar-refractivity contribution in [3.8, 4) is 11.5 Å². The number of halogens is 1. The fourth-order valence-electron chi connectivity index (χ4n) is 4.46. The van der Waals surface area contributed by atoms with Crippen LogP contribution in [0.2, 0.25) is 5.02 Å². The number of nitrogens with zero attached hydrogens (tertiary/aromatic N) is 2. The van der Waals surface area contributed by atoms with Crippen molar-refractivity contribution in [1.29, 1.82) is 0 Å². The van der Waals surface area contributed by atoms with E-state index in [9.17, 15) is 18.0 Å². The Morgan fingerprint density at radius 3 is 2.31 bits per heavy atom. The number of methoxy groups -OCH3 is 2. The van der Waals surface area contributed by atoms with E-state index in [2.05, 4.69) is 5.32 Å². The third-order valence-electron chi connectivity index (χ3n) is 6.72. The molecule has 0 aliphatic heterocycles. The average Bonchev–Trinajstić information content (AvgIpc) is 2.98. The monoisotopic (exact) mass is 615 g/mol. The van der Waals surface area contributed by atoms with E-state index in [4.69, 9.17) is 21.1 Å². The Morgan fingerprint density at radius 2 is 1.69 bits per heavy atom. The predicted molar refractivity (Wildman–Crippen MR) is 165 cm³/mol. The highest BCUT2D eigenvalue weighted by molar-refractivity contribution is 7.92. The number of hydrogen-bond acceptors (Lipinski definition) is 6. The van der Waals surface area contributed by atoms with Crippen molar-refractivity contribution in [3.63, 3.8) is 0 Å². The summed E-state index contributed by atoms with van der Waals surface area (Å²) in [7, 11) is -1.32. The lowest BCUT2D eigenvalue weighted by Crippen LogP contribution is -2.52. The number of sulfonamides is 1. The number of aryl methyl sites for hydroxylation is 1. The molecule has 42 heavy (non-hydrogen) atoms. The van der Waals surface area contributed by atoms with Crippen LogP contribution >= 0.6 is 11.6 Å². The summed E-state index contributed by atoms with van der Waals surface area (Å²) in [5.74, 6) is -0.0801. The average molecular weight is 616 g/mol. The molecule has 0 bridgehead atoms. The van der Waals surface area contributed by atoms with Gasteiger partial charge in [-0.25, -0.2) is 8.42 Å². The zero-order valence-electron chi connectivity index (χ0n) is 24.6. The Morgan fingerprint density at radius 1 is 0.976 bits per heavy atom. The zero-order chi connectivity index (χ0) is 30.9. The first kappa shape index (κ1) is 32.8. The lowest BCUT2D eigenvalue weighted by atomic mass is 10.1.